The third-order valence-corrected chi connectivity index (χ3v) is 5.44. The lowest BCUT2D eigenvalue weighted by molar-refractivity contribution is -0.130. The van der Waals surface area contributed by atoms with Crippen LogP contribution in [0.5, 0.6) is 0 Å². The Bertz CT molecular complexity index is 671. The Balaban J connectivity index is 1.38. The van der Waals surface area contributed by atoms with Crippen molar-refractivity contribution >= 4 is 5.91 Å². The Morgan fingerprint density at radius 1 is 1.08 bits per heavy atom. The first-order valence-corrected chi connectivity index (χ1v) is 9.21. The second-order valence-corrected chi connectivity index (χ2v) is 7.16. The van der Waals surface area contributed by atoms with Crippen LogP contribution >= 0.6 is 0 Å². The van der Waals surface area contributed by atoms with Crippen LogP contribution < -0.4 is 5.32 Å². The first kappa shape index (κ1) is 17.7. The highest BCUT2D eigenvalue weighted by Gasteiger charge is 2.37. The van der Waals surface area contributed by atoms with Gasteiger partial charge in [-0.05, 0) is 29.4 Å². The van der Waals surface area contributed by atoms with Crippen LogP contribution in [0.1, 0.15) is 36.8 Å². The van der Waals surface area contributed by atoms with Crippen LogP contribution in [0.2, 0.25) is 0 Å². The van der Waals surface area contributed by atoms with Gasteiger partial charge in [-0.25, -0.2) is 0 Å². The van der Waals surface area contributed by atoms with Crippen molar-refractivity contribution < 1.29 is 4.79 Å². The van der Waals surface area contributed by atoms with E-state index in [1.54, 1.807) is 0 Å². The summed E-state index contributed by atoms with van der Waals surface area (Å²) in [5.74, 6) is 1.47. The van der Waals surface area contributed by atoms with Crippen molar-refractivity contribution in [3.05, 3.63) is 71.8 Å². The molecule has 1 fully saturated rings. The number of hydrogen-bond donors (Lipinski definition) is 1. The summed E-state index contributed by atoms with van der Waals surface area (Å²) >= 11 is 0. The number of carbonyl (C=O) groups is 1. The van der Waals surface area contributed by atoms with Crippen molar-refractivity contribution in [2.24, 2.45) is 5.92 Å². The molecule has 0 radical (unpaired) electrons. The Hall–Kier alpha value is -2.13. The van der Waals surface area contributed by atoms with Gasteiger partial charge < -0.3 is 10.2 Å². The smallest absolute Gasteiger partial charge is 0.223 e. The van der Waals surface area contributed by atoms with Crippen LogP contribution in [0, 0.1) is 5.92 Å². The molecule has 0 aliphatic heterocycles. The highest BCUT2D eigenvalue weighted by atomic mass is 16.2. The standard InChI is InChI=1S/C22H28N2O/c1-17-20(19-11-7-4-8-12-19)15-21(17)23-14-13-22(25)24(2)16-18-9-5-3-6-10-18/h3-12,17,20-21,23H,13-16H2,1-2H3/t17-,20+,21-/m0/s1. The minimum atomic E-state index is 0.197. The van der Waals surface area contributed by atoms with E-state index in [4.69, 9.17) is 0 Å². The molecule has 0 aromatic heterocycles. The Morgan fingerprint density at radius 2 is 1.72 bits per heavy atom. The number of carbonyl (C=O) groups excluding carboxylic acids is 1. The maximum absolute atomic E-state index is 12.3. The lowest BCUT2D eigenvalue weighted by Gasteiger charge is -2.44. The maximum atomic E-state index is 12.3. The van der Waals surface area contributed by atoms with E-state index in [0.717, 1.165) is 6.54 Å². The van der Waals surface area contributed by atoms with Gasteiger partial charge in [-0.15, -0.1) is 0 Å². The lowest BCUT2D eigenvalue weighted by atomic mass is 9.67. The molecule has 2 aromatic carbocycles. The van der Waals surface area contributed by atoms with Crippen LogP contribution in [0.25, 0.3) is 0 Å². The summed E-state index contributed by atoms with van der Waals surface area (Å²) in [6.45, 7) is 3.74. The summed E-state index contributed by atoms with van der Waals surface area (Å²) in [6, 6.07) is 21.4. The van der Waals surface area contributed by atoms with E-state index in [1.807, 2.05) is 30.1 Å². The van der Waals surface area contributed by atoms with Gasteiger partial charge in [-0.2, -0.15) is 0 Å². The quantitative estimate of drug-likeness (QED) is 0.834. The SMILES string of the molecule is C[C@@H]1[C@@H](NCCC(=O)N(C)Cc2ccccc2)C[C@H]1c1ccccc1. The third-order valence-electron chi connectivity index (χ3n) is 5.44. The molecule has 3 heteroatoms. The topological polar surface area (TPSA) is 32.3 Å². The molecule has 0 bridgehead atoms. The fourth-order valence-corrected chi connectivity index (χ4v) is 3.70. The molecular formula is C22H28N2O. The fraction of sp³-hybridized carbons (Fsp3) is 0.409. The molecule has 3 rings (SSSR count). The molecule has 2 aromatic rings. The molecule has 1 aliphatic carbocycles. The average Bonchev–Trinajstić information content (AvgIpc) is 2.65. The molecule has 0 saturated heterocycles. The van der Waals surface area contributed by atoms with E-state index in [9.17, 15) is 4.79 Å². The highest BCUT2D eigenvalue weighted by molar-refractivity contribution is 5.76. The third kappa shape index (κ3) is 4.49. The predicted molar refractivity (Wildman–Crippen MR) is 102 cm³/mol. The predicted octanol–water partition coefficient (Wildman–Crippen LogP) is 3.82. The number of amides is 1. The zero-order valence-electron chi connectivity index (χ0n) is 15.2. The largest absolute Gasteiger partial charge is 0.341 e. The molecule has 0 unspecified atom stereocenters. The van der Waals surface area contributed by atoms with Gasteiger partial charge in [0.2, 0.25) is 5.91 Å². The molecule has 0 heterocycles. The summed E-state index contributed by atoms with van der Waals surface area (Å²) in [5.41, 5.74) is 2.61. The van der Waals surface area contributed by atoms with Gasteiger partial charge in [0.05, 0.1) is 0 Å². The van der Waals surface area contributed by atoms with Gasteiger partial charge in [0.1, 0.15) is 0 Å². The Labute approximate surface area is 151 Å². The summed E-state index contributed by atoms with van der Waals surface area (Å²) in [4.78, 5) is 14.1. The second kappa shape index (κ2) is 8.30. The molecule has 25 heavy (non-hydrogen) atoms. The van der Waals surface area contributed by atoms with Gasteiger partial charge in [-0.3, -0.25) is 4.79 Å². The Morgan fingerprint density at radius 3 is 2.36 bits per heavy atom. The number of hydrogen-bond acceptors (Lipinski definition) is 2. The normalized spacial score (nSPS) is 22.2. The van der Waals surface area contributed by atoms with Crippen molar-refractivity contribution in [3.8, 4) is 0 Å². The first-order valence-electron chi connectivity index (χ1n) is 9.21. The summed E-state index contributed by atoms with van der Waals surface area (Å²) < 4.78 is 0. The zero-order chi connectivity index (χ0) is 17.6. The van der Waals surface area contributed by atoms with Gasteiger partial charge in [0.15, 0.2) is 0 Å². The van der Waals surface area contributed by atoms with Gasteiger partial charge in [0.25, 0.3) is 0 Å². The maximum Gasteiger partial charge on any atom is 0.223 e. The summed E-state index contributed by atoms with van der Waals surface area (Å²) in [5, 5.41) is 3.57. The molecule has 132 valence electrons. The molecule has 1 amide bonds. The fourth-order valence-electron chi connectivity index (χ4n) is 3.70. The Kier molecular flexibility index (Phi) is 5.87. The van der Waals surface area contributed by atoms with Gasteiger partial charge >= 0.3 is 0 Å². The van der Waals surface area contributed by atoms with Crippen LogP contribution in [-0.4, -0.2) is 30.4 Å². The first-order chi connectivity index (χ1) is 12.1. The number of rotatable bonds is 7. The summed E-state index contributed by atoms with van der Waals surface area (Å²) in [7, 11) is 1.88. The minimum Gasteiger partial charge on any atom is -0.341 e. The molecule has 1 saturated carbocycles. The molecule has 3 atom stereocenters. The van der Waals surface area contributed by atoms with Crippen LogP contribution in [0.15, 0.2) is 60.7 Å². The average molecular weight is 336 g/mol. The summed E-state index contributed by atoms with van der Waals surface area (Å²) in [6.07, 6.45) is 1.72. The van der Waals surface area contributed by atoms with Crippen molar-refractivity contribution in [1.29, 1.82) is 0 Å². The van der Waals surface area contributed by atoms with E-state index < -0.39 is 0 Å². The zero-order valence-corrected chi connectivity index (χ0v) is 15.2. The number of nitrogens with zero attached hydrogens (tertiary/aromatic N) is 1. The molecule has 0 spiro atoms. The minimum absolute atomic E-state index is 0.197. The van der Waals surface area contributed by atoms with E-state index in [2.05, 4.69) is 54.7 Å². The van der Waals surface area contributed by atoms with Crippen molar-refractivity contribution in [2.45, 2.75) is 38.3 Å². The molecule has 3 nitrogen and oxygen atoms in total. The molecular weight excluding hydrogens is 308 g/mol. The van der Waals surface area contributed by atoms with E-state index in [1.165, 1.54) is 17.5 Å². The van der Waals surface area contributed by atoms with Crippen LogP contribution in [-0.2, 0) is 11.3 Å². The van der Waals surface area contributed by atoms with Crippen LogP contribution in [0.4, 0.5) is 0 Å². The van der Waals surface area contributed by atoms with E-state index in [0.29, 0.717) is 30.8 Å². The van der Waals surface area contributed by atoms with Gasteiger partial charge in [-0.1, -0.05) is 67.6 Å². The number of benzene rings is 2. The van der Waals surface area contributed by atoms with Crippen LogP contribution in [0.3, 0.4) is 0 Å². The monoisotopic (exact) mass is 336 g/mol. The van der Waals surface area contributed by atoms with Gasteiger partial charge in [0, 0.05) is 32.6 Å². The van der Waals surface area contributed by atoms with E-state index in [-0.39, 0.29) is 5.91 Å². The molecule has 1 aliphatic rings. The van der Waals surface area contributed by atoms with Crippen molar-refractivity contribution in [2.75, 3.05) is 13.6 Å². The van der Waals surface area contributed by atoms with E-state index >= 15 is 0 Å². The molecule has 1 N–H and O–H groups in total. The second-order valence-electron chi connectivity index (χ2n) is 7.16. The number of nitrogens with one attached hydrogen (secondary N) is 1. The highest BCUT2D eigenvalue weighted by Crippen LogP contribution is 2.42. The lowest BCUT2D eigenvalue weighted by Crippen LogP contribution is -2.48. The van der Waals surface area contributed by atoms with Crippen molar-refractivity contribution in [3.63, 3.8) is 0 Å². The van der Waals surface area contributed by atoms with Crippen molar-refractivity contribution in [1.82, 2.24) is 10.2 Å².